The van der Waals surface area contributed by atoms with E-state index in [1.165, 1.54) is 22.5 Å². The van der Waals surface area contributed by atoms with Crippen molar-refractivity contribution in [3.63, 3.8) is 0 Å². The monoisotopic (exact) mass is 286 g/mol. The van der Waals surface area contributed by atoms with Crippen molar-refractivity contribution in [1.29, 1.82) is 0 Å². The second-order valence-corrected chi connectivity index (χ2v) is 4.76. The van der Waals surface area contributed by atoms with Gasteiger partial charge in [-0.15, -0.1) is 5.10 Å². The molecule has 0 unspecified atom stereocenters. The lowest BCUT2D eigenvalue weighted by atomic mass is 10.5. The zero-order chi connectivity index (χ0) is 13.1. The highest BCUT2D eigenvalue weighted by Crippen LogP contribution is 2.28. The summed E-state index contributed by atoms with van der Waals surface area (Å²) in [6.07, 6.45) is 2.25. The van der Waals surface area contributed by atoms with Crippen LogP contribution in [0.3, 0.4) is 0 Å². The summed E-state index contributed by atoms with van der Waals surface area (Å²) in [6, 6.07) is 0. The molecule has 0 aliphatic heterocycles. The maximum atomic E-state index is 11.5. The first-order valence-electron chi connectivity index (χ1n) is 5.23. The normalized spacial score (nSPS) is 10.8. The summed E-state index contributed by atoms with van der Waals surface area (Å²) in [5.41, 5.74) is 5.88. The Labute approximate surface area is 112 Å². The number of H-pyrrole nitrogens is 1. The quantitative estimate of drug-likeness (QED) is 0.646. The molecule has 0 aromatic carbocycles. The van der Waals surface area contributed by atoms with Gasteiger partial charge in [0.25, 0.3) is 0 Å². The lowest BCUT2D eigenvalue weighted by Gasteiger charge is -2.04. The predicted octanol–water partition coefficient (Wildman–Crippen LogP) is 1.16. The van der Waals surface area contributed by atoms with Crippen LogP contribution in [0.1, 0.15) is 13.3 Å². The molecule has 2 aromatic heterocycles. The van der Waals surface area contributed by atoms with Crippen LogP contribution < -0.4 is 11.4 Å². The minimum Gasteiger partial charge on any atom is -0.395 e. The van der Waals surface area contributed by atoms with Gasteiger partial charge in [0.2, 0.25) is 5.28 Å². The molecule has 96 valence electrons. The number of hydrogen-bond acceptors (Lipinski definition) is 6. The van der Waals surface area contributed by atoms with Crippen LogP contribution in [-0.2, 0) is 6.54 Å². The topological polar surface area (TPSA) is 102 Å². The van der Waals surface area contributed by atoms with Crippen LogP contribution in [0.4, 0.5) is 5.69 Å². The molecule has 2 heterocycles. The zero-order valence-electron chi connectivity index (χ0n) is 9.55. The standard InChI is InChI=1S/C9H11ClN6OS/c1-2-3-16-8(17)14-15-9(16)18-6-5(11)4-12-7(10)13-6/h4H,2-3,11H2,1H3,(H,14,17). The lowest BCUT2D eigenvalue weighted by Crippen LogP contribution is -2.17. The Bertz CT molecular complexity index is 609. The van der Waals surface area contributed by atoms with Gasteiger partial charge in [-0.3, -0.25) is 4.57 Å². The molecular weight excluding hydrogens is 276 g/mol. The molecule has 0 aliphatic rings. The van der Waals surface area contributed by atoms with E-state index in [1.807, 2.05) is 6.92 Å². The van der Waals surface area contributed by atoms with Gasteiger partial charge in [0.05, 0.1) is 11.9 Å². The number of hydrogen-bond donors (Lipinski definition) is 2. The van der Waals surface area contributed by atoms with E-state index >= 15 is 0 Å². The fourth-order valence-corrected chi connectivity index (χ4v) is 2.36. The van der Waals surface area contributed by atoms with Crippen molar-refractivity contribution in [2.24, 2.45) is 0 Å². The van der Waals surface area contributed by atoms with Crippen LogP contribution in [0, 0.1) is 0 Å². The van der Waals surface area contributed by atoms with E-state index in [1.54, 1.807) is 0 Å². The molecule has 0 atom stereocenters. The third-order valence-corrected chi connectivity index (χ3v) is 3.31. The zero-order valence-corrected chi connectivity index (χ0v) is 11.1. The molecule has 18 heavy (non-hydrogen) atoms. The maximum Gasteiger partial charge on any atom is 0.343 e. The van der Waals surface area contributed by atoms with Gasteiger partial charge in [-0.05, 0) is 29.8 Å². The van der Waals surface area contributed by atoms with Crippen molar-refractivity contribution in [2.75, 3.05) is 5.73 Å². The van der Waals surface area contributed by atoms with Crippen molar-refractivity contribution < 1.29 is 0 Å². The van der Waals surface area contributed by atoms with E-state index in [0.29, 0.717) is 22.4 Å². The summed E-state index contributed by atoms with van der Waals surface area (Å²) >= 11 is 6.88. The molecule has 3 N–H and O–H groups in total. The van der Waals surface area contributed by atoms with E-state index in [9.17, 15) is 4.79 Å². The van der Waals surface area contributed by atoms with Crippen LogP contribution in [0.2, 0.25) is 5.28 Å². The average molecular weight is 287 g/mol. The van der Waals surface area contributed by atoms with Gasteiger partial charge in [0.1, 0.15) is 5.03 Å². The summed E-state index contributed by atoms with van der Waals surface area (Å²) in [6.45, 7) is 2.56. The number of halogens is 1. The largest absolute Gasteiger partial charge is 0.395 e. The minimum absolute atomic E-state index is 0.103. The highest BCUT2D eigenvalue weighted by atomic mass is 35.5. The Morgan fingerprint density at radius 2 is 2.39 bits per heavy atom. The summed E-state index contributed by atoms with van der Waals surface area (Å²) in [5.74, 6) is 0. The Morgan fingerprint density at radius 3 is 3.11 bits per heavy atom. The number of aromatic amines is 1. The van der Waals surface area contributed by atoms with Crippen LogP contribution in [-0.4, -0.2) is 24.7 Å². The molecule has 0 spiro atoms. The summed E-state index contributed by atoms with van der Waals surface area (Å²) < 4.78 is 1.53. The Hall–Kier alpha value is -1.54. The molecule has 0 fully saturated rings. The van der Waals surface area contributed by atoms with Gasteiger partial charge >= 0.3 is 5.69 Å². The second kappa shape index (κ2) is 5.40. The molecule has 0 bridgehead atoms. The molecule has 0 aliphatic carbocycles. The van der Waals surface area contributed by atoms with Gasteiger partial charge in [0.15, 0.2) is 5.16 Å². The first kappa shape index (κ1) is 12.9. The van der Waals surface area contributed by atoms with Gasteiger partial charge in [-0.2, -0.15) is 0 Å². The minimum atomic E-state index is -0.252. The SMILES string of the molecule is CCCn1c(Sc2nc(Cl)ncc2N)n[nH]c1=O. The van der Waals surface area contributed by atoms with E-state index in [4.69, 9.17) is 17.3 Å². The fraction of sp³-hybridized carbons (Fsp3) is 0.333. The smallest absolute Gasteiger partial charge is 0.343 e. The van der Waals surface area contributed by atoms with E-state index in [0.717, 1.165) is 6.42 Å². The highest BCUT2D eigenvalue weighted by molar-refractivity contribution is 7.99. The number of anilines is 1. The van der Waals surface area contributed by atoms with Gasteiger partial charge in [-0.1, -0.05) is 6.92 Å². The number of nitrogens with zero attached hydrogens (tertiary/aromatic N) is 4. The number of rotatable bonds is 4. The first-order chi connectivity index (χ1) is 8.61. The summed E-state index contributed by atoms with van der Waals surface area (Å²) in [5, 5.41) is 7.41. The Morgan fingerprint density at radius 1 is 1.61 bits per heavy atom. The van der Waals surface area contributed by atoms with Crippen molar-refractivity contribution in [3.05, 3.63) is 22.0 Å². The van der Waals surface area contributed by atoms with Crippen LogP contribution in [0.15, 0.2) is 21.2 Å². The lowest BCUT2D eigenvalue weighted by molar-refractivity contribution is 0.603. The number of nitrogens with two attached hydrogens (primary N) is 1. The number of nitrogens with one attached hydrogen (secondary N) is 1. The number of aromatic nitrogens is 5. The van der Waals surface area contributed by atoms with Gasteiger partial charge in [0, 0.05) is 6.54 Å². The van der Waals surface area contributed by atoms with Crippen LogP contribution in [0.25, 0.3) is 0 Å². The molecule has 9 heteroatoms. The summed E-state index contributed by atoms with van der Waals surface area (Å²) in [7, 11) is 0. The third-order valence-electron chi connectivity index (χ3n) is 2.11. The van der Waals surface area contributed by atoms with Crippen molar-refractivity contribution >= 4 is 29.1 Å². The van der Waals surface area contributed by atoms with E-state index in [-0.39, 0.29) is 11.0 Å². The first-order valence-corrected chi connectivity index (χ1v) is 6.42. The highest BCUT2D eigenvalue weighted by Gasteiger charge is 2.12. The number of nitrogen functional groups attached to an aromatic ring is 1. The maximum absolute atomic E-state index is 11.5. The Balaban J connectivity index is 2.34. The molecule has 0 saturated carbocycles. The molecule has 0 saturated heterocycles. The molecule has 2 rings (SSSR count). The summed E-state index contributed by atoms with van der Waals surface area (Å²) in [4.78, 5) is 19.3. The Kier molecular flexibility index (Phi) is 3.87. The van der Waals surface area contributed by atoms with E-state index in [2.05, 4.69) is 20.2 Å². The molecule has 0 radical (unpaired) electrons. The van der Waals surface area contributed by atoms with Crippen LogP contribution >= 0.6 is 23.4 Å². The van der Waals surface area contributed by atoms with Gasteiger partial charge in [-0.25, -0.2) is 19.9 Å². The predicted molar refractivity (Wildman–Crippen MR) is 68.7 cm³/mol. The fourth-order valence-electron chi connectivity index (χ4n) is 1.33. The van der Waals surface area contributed by atoms with Gasteiger partial charge < -0.3 is 5.73 Å². The van der Waals surface area contributed by atoms with Crippen molar-refractivity contribution in [3.8, 4) is 0 Å². The van der Waals surface area contributed by atoms with Crippen molar-refractivity contribution in [1.82, 2.24) is 24.7 Å². The second-order valence-electron chi connectivity index (χ2n) is 3.46. The molecular formula is C9H11ClN6OS. The van der Waals surface area contributed by atoms with Crippen molar-refractivity contribution in [2.45, 2.75) is 30.1 Å². The molecule has 2 aromatic rings. The van der Waals surface area contributed by atoms with E-state index < -0.39 is 0 Å². The molecule has 7 nitrogen and oxygen atoms in total. The average Bonchev–Trinajstić information content (AvgIpc) is 2.67. The molecule has 0 amide bonds. The van der Waals surface area contributed by atoms with Crippen LogP contribution in [0.5, 0.6) is 0 Å². The third kappa shape index (κ3) is 2.65.